The summed E-state index contributed by atoms with van der Waals surface area (Å²) >= 11 is 1.49. The molecule has 1 saturated heterocycles. The van der Waals surface area contributed by atoms with Gasteiger partial charge < -0.3 is 10.2 Å². The van der Waals surface area contributed by atoms with Crippen molar-refractivity contribution < 1.29 is 9.59 Å². The van der Waals surface area contributed by atoms with E-state index in [0.29, 0.717) is 18.1 Å². The normalized spacial score (nSPS) is 18.2. The fourth-order valence-electron chi connectivity index (χ4n) is 2.93. The number of aryl methyl sites for hydroxylation is 1. The first kappa shape index (κ1) is 15.9. The minimum atomic E-state index is -0.145. The maximum absolute atomic E-state index is 12.5. The van der Waals surface area contributed by atoms with Gasteiger partial charge in [-0.1, -0.05) is 24.3 Å². The molecule has 0 saturated carbocycles. The molecule has 0 bridgehead atoms. The molecule has 1 atom stereocenters. The van der Waals surface area contributed by atoms with Gasteiger partial charge in [0.25, 0.3) is 0 Å². The molecule has 2 aromatic rings. The van der Waals surface area contributed by atoms with Gasteiger partial charge in [0, 0.05) is 19.5 Å². The molecule has 5 nitrogen and oxygen atoms in total. The van der Waals surface area contributed by atoms with Gasteiger partial charge in [0.05, 0.1) is 16.1 Å². The summed E-state index contributed by atoms with van der Waals surface area (Å²) in [4.78, 5) is 30.6. The smallest absolute Gasteiger partial charge is 0.231 e. The first-order chi connectivity index (χ1) is 11.1. The average molecular weight is 331 g/mol. The summed E-state index contributed by atoms with van der Waals surface area (Å²) in [5.74, 6) is -0.0552. The molecule has 122 valence electrons. The molecule has 0 radical (unpaired) electrons. The Morgan fingerprint density at radius 1 is 1.43 bits per heavy atom. The standard InChI is InChI=1S/C17H21N3O2S/c1-3-15(21)20-8-4-5-12(10-20)16(22)19-17-18-13-7-6-11(2)9-14(13)23-17/h6-7,9,12H,3-5,8,10H2,1-2H3,(H,18,19,22)/t12-/m0/s1. The third-order valence-electron chi connectivity index (χ3n) is 4.22. The zero-order valence-electron chi connectivity index (χ0n) is 13.5. The van der Waals surface area contributed by atoms with E-state index in [1.807, 2.05) is 26.0 Å². The Kier molecular flexibility index (Phi) is 4.61. The molecule has 2 heterocycles. The monoisotopic (exact) mass is 331 g/mol. The lowest BCUT2D eigenvalue weighted by molar-refractivity contribution is -0.134. The largest absolute Gasteiger partial charge is 0.342 e. The summed E-state index contributed by atoms with van der Waals surface area (Å²) in [5.41, 5.74) is 2.09. The Hall–Kier alpha value is -1.95. The summed E-state index contributed by atoms with van der Waals surface area (Å²) < 4.78 is 1.08. The molecule has 1 aromatic carbocycles. The Labute approximate surface area is 139 Å². The van der Waals surface area contributed by atoms with E-state index in [-0.39, 0.29) is 17.7 Å². The number of amides is 2. The van der Waals surface area contributed by atoms with Crippen molar-refractivity contribution in [3.05, 3.63) is 23.8 Å². The summed E-state index contributed by atoms with van der Waals surface area (Å²) in [6.07, 6.45) is 2.19. The number of aromatic nitrogens is 1. The minimum absolute atomic E-state index is 0.0330. The van der Waals surface area contributed by atoms with Gasteiger partial charge in [-0.2, -0.15) is 0 Å². The van der Waals surface area contributed by atoms with Crippen molar-refractivity contribution in [3.8, 4) is 0 Å². The number of piperidine rings is 1. The molecule has 3 rings (SSSR count). The van der Waals surface area contributed by atoms with E-state index >= 15 is 0 Å². The first-order valence-corrected chi connectivity index (χ1v) is 8.84. The van der Waals surface area contributed by atoms with Crippen LogP contribution < -0.4 is 5.32 Å². The van der Waals surface area contributed by atoms with Crippen LogP contribution in [0.3, 0.4) is 0 Å². The number of likely N-dealkylation sites (tertiary alicyclic amines) is 1. The second-order valence-corrected chi connectivity index (χ2v) is 7.04. The summed E-state index contributed by atoms with van der Waals surface area (Å²) in [6, 6.07) is 6.06. The van der Waals surface area contributed by atoms with E-state index in [1.54, 1.807) is 4.90 Å². The number of carbonyl (C=O) groups is 2. The number of carbonyl (C=O) groups excluding carboxylic acids is 2. The fraction of sp³-hybridized carbons (Fsp3) is 0.471. The van der Waals surface area contributed by atoms with Gasteiger partial charge in [0.1, 0.15) is 0 Å². The van der Waals surface area contributed by atoms with Gasteiger partial charge in [0.15, 0.2) is 5.13 Å². The topological polar surface area (TPSA) is 62.3 Å². The number of rotatable bonds is 3. The lowest BCUT2D eigenvalue weighted by atomic mass is 9.97. The minimum Gasteiger partial charge on any atom is -0.342 e. The first-order valence-electron chi connectivity index (χ1n) is 8.02. The fourth-order valence-corrected chi connectivity index (χ4v) is 3.90. The number of benzene rings is 1. The van der Waals surface area contributed by atoms with Crippen molar-refractivity contribution in [2.45, 2.75) is 33.1 Å². The zero-order valence-corrected chi connectivity index (χ0v) is 14.3. The van der Waals surface area contributed by atoms with Gasteiger partial charge >= 0.3 is 0 Å². The maximum atomic E-state index is 12.5. The number of hydrogen-bond acceptors (Lipinski definition) is 4. The van der Waals surface area contributed by atoms with E-state index in [1.165, 1.54) is 16.9 Å². The Bertz CT molecular complexity index is 741. The highest BCUT2D eigenvalue weighted by Crippen LogP contribution is 2.27. The van der Waals surface area contributed by atoms with Crippen LogP contribution in [-0.4, -0.2) is 34.8 Å². The highest BCUT2D eigenvalue weighted by Gasteiger charge is 2.28. The molecule has 1 fully saturated rings. The molecule has 0 aliphatic carbocycles. The molecule has 1 N–H and O–H groups in total. The van der Waals surface area contributed by atoms with Crippen molar-refractivity contribution in [3.63, 3.8) is 0 Å². The van der Waals surface area contributed by atoms with E-state index in [4.69, 9.17) is 0 Å². The Morgan fingerprint density at radius 2 is 2.26 bits per heavy atom. The van der Waals surface area contributed by atoms with Gasteiger partial charge in [-0.3, -0.25) is 9.59 Å². The summed E-state index contributed by atoms with van der Waals surface area (Å²) in [5, 5.41) is 3.56. The summed E-state index contributed by atoms with van der Waals surface area (Å²) in [7, 11) is 0. The second-order valence-electron chi connectivity index (χ2n) is 6.01. The van der Waals surface area contributed by atoms with E-state index < -0.39 is 0 Å². The van der Waals surface area contributed by atoms with Crippen molar-refractivity contribution in [2.24, 2.45) is 5.92 Å². The molecule has 1 aliphatic heterocycles. The predicted octanol–water partition coefficient (Wildman–Crippen LogP) is 3.19. The van der Waals surface area contributed by atoms with Gasteiger partial charge in [-0.05, 0) is 37.5 Å². The molecule has 0 unspecified atom stereocenters. The summed E-state index contributed by atoms with van der Waals surface area (Å²) in [6.45, 7) is 5.17. The quantitative estimate of drug-likeness (QED) is 0.939. The van der Waals surface area contributed by atoms with Crippen molar-refractivity contribution >= 4 is 38.5 Å². The third kappa shape index (κ3) is 3.52. The molecular formula is C17H21N3O2S. The molecule has 23 heavy (non-hydrogen) atoms. The van der Waals surface area contributed by atoms with E-state index in [9.17, 15) is 9.59 Å². The third-order valence-corrected chi connectivity index (χ3v) is 5.16. The maximum Gasteiger partial charge on any atom is 0.231 e. The van der Waals surface area contributed by atoms with Crippen molar-refractivity contribution in [1.82, 2.24) is 9.88 Å². The lowest BCUT2D eigenvalue weighted by Gasteiger charge is -2.31. The zero-order chi connectivity index (χ0) is 16.4. The van der Waals surface area contributed by atoms with Gasteiger partial charge in [-0.25, -0.2) is 4.98 Å². The van der Waals surface area contributed by atoms with E-state index in [0.717, 1.165) is 29.6 Å². The molecule has 6 heteroatoms. The number of thiazole rings is 1. The number of nitrogens with one attached hydrogen (secondary N) is 1. The SMILES string of the molecule is CCC(=O)N1CCC[C@H](C(=O)Nc2nc3ccc(C)cc3s2)C1. The highest BCUT2D eigenvalue weighted by molar-refractivity contribution is 7.22. The molecule has 1 aromatic heterocycles. The highest BCUT2D eigenvalue weighted by atomic mass is 32.1. The van der Waals surface area contributed by atoms with Crippen LogP contribution in [0.25, 0.3) is 10.2 Å². The van der Waals surface area contributed by atoms with Crippen molar-refractivity contribution in [2.75, 3.05) is 18.4 Å². The lowest BCUT2D eigenvalue weighted by Crippen LogP contribution is -2.43. The van der Waals surface area contributed by atoms with Gasteiger partial charge in [-0.15, -0.1) is 0 Å². The van der Waals surface area contributed by atoms with E-state index in [2.05, 4.69) is 16.4 Å². The molecule has 0 spiro atoms. The number of fused-ring (bicyclic) bond motifs is 1. The van der Waals surface area contributed by atoms with Crippen LogP contribution in [-0.2, 0) is 9.59 Å². The van der Waals surface area contributed by atoms with Crippen LogP contribution in [0.1, 0.15) is 31.7 Å². The predicted molar refractivity (Wildman–Crippen MR) is 92.6 cm³/mol. The number of hydrogen-bond donors (Lipinski definition) is 1. The number of nitrogens with zero attached hydrogens (tertiary/aromatic N) is 2. The molecule has 1 aliphatic rings. The van der Waals surface area contributed by atoms with Crippen LogP contribution in [0, 0.1) is 12.8 Å². The molecule has 2 amide bonds. The molecular weight excluding hydrogens is 310 g/mol. The Morgan fingerprint density at radius 3 is 3.04 bits per heavy atom. The van der Waals surface area contributed by atoms with Crippen LogP contribution in [0.2, 0.25) is 0 Å². The van der Waals surface area contributed by atoms with Crippen LogP contribution in [0.5, 0.6) is 0 Å². The van der Waals surface area contributed by atoms with Gasteiger partial charge in [0.2, 0.25) is 11.8 Å². The number of anilines is 1. The van der Waals surface area contributed by atoms with Crippen LogP contribution in [0.15, 0.2) is 18.2 Å². The van der Waals surface area contributed by atoms with Crippen molar-refractivity contribution in [1.29, 1.82) is 0 Å². The Balaban J connectivity index is 1.68. The second kappa shape index (κ2) is 6.66. The van der Waals surface area contributed by atoms with Crippen LogP contribution >= 0.6 is 11.3 Å². The van der Waals surface area contributed by atoms with Crippen LogP contribution in [0.4, 0.5) is 5.13 Å². The average Bonchev–Trinajstić information content (AvgIpc) is 2.95.